The number of likely N-dealkylation sites (tertiary alicyclic amines) is 1. The summed E-state index contributed by atoms with van der Waals surface area (Å²) in [6.07, 6.45) is 13.1. The van der Waals surface area contributed by atoms with Crippen LogP contribution in [0.1, 0.15) is 115 Å². The molecular weight excluding hydrogens is 614 g/mol. The molecule has 1 saturated heterocycles. The van der Waals surface area contributed by atoms with Gasteiger partial charge in [0, 0.05) is 25.0 Å². The zero-order valence-corrected chi connectivity index (χ0v) is 28.8. The van der Waals surface area contributed by atoms with Gasteiger partial charge in [-0.05, 0) is 56.3 Å². The van der Waals surface area contributed by atoms with Crippen molar-refractivity contribution in [3.05, 3.63) is 24.3 Å². The van der Waals surface area contributed by atoms with Gasteiger partial charge in [-0.1, -0.05) is 66.2 Å². The predicted molar refractivity (Wildman–Crippen MR) is 178 cm³/mol. The first-order valence-electron chi connectivity index (χ1n) is 17.9. The third-order valence-electron chi connectivity index (χ3n) is 10.2. The summed E-state index contributed by atoms with van der Waals surface area (Å²) >= 11 is 0. The second-order valence-electron chi connectivity index (χ2n) is 13.7. The lowest BCUT2D eigenvalue weighted by Crippen LogP contribution is -2.61. The Hall–Kier alpha value is -3.90. The van der Waals surface area contributed by atoms with Crippen LogP contribution in [0.25, 0.3) is 0 Å². The molecule has 5 amide bonds. The molecule has 4 N–H and O–H groups in total. The van der Waals surface area contributed by atoms with E-state index in [1.807, 2.05) is 27.7 Å². The summed E-state index contributed by atoms with van der Waals surface area (Å²) in [7, 11) is 0. The third-order valence-corrected chi connectivity index (χ3v) is 10.2. The van der Waals surface area contributed by atoms with Crippen LogP contribution >= 0.6 is 0 Å². The molecule has 13 heteroatoms. The van der Waals surface area contributed by atoms with Crippen LogP contribution in [0.5, 0.6) is 0 Å². The van der Waals surface area contributed by atoms with Crippen LogP contribution in [0.15, 0.2) is 18.6 Å². The third kappa shape index (κ3) is 9.37. The fourth-order valence-corrected chi connectivity index (χ4v) is 6.94. The molecule has 13 nitrogen and oxygen atoms in total. The second-order valence-corrected chi connectivity index (χ2v) is 13.7. The zero-order valence-electron chi connectivity index (χ0n) is 28.8. The minimum atomic E-state index is -0.990. The van der Waals surface area contributed by atoms with Crippen LogP contribution in [0.3, 0.4) is 0 Å². The smallest absolute Gasteiger partial charge is 0.289 e. The minimum Gasteiger partial charge on any atom is -0.347 e. The highest BCUT2D eigenvalue weighted by Gasteiger charge is 2.45. The van der Waals surface area contributed by atoms with Crippen molar-refractivity contribution in [1.82, 2.24) is 36.1 Å². The number of amides is 5. The highest BCUT2D eigenvalue weighted by atomic mass is 16.2. The average molecular weight is 668 g/mol. The molecule has 1 aliphatic heterocycles. The van der Waals surface area contributed by atoms with E-state index in [0.717, 1.165) is 44.9 Å². The SMILES string of the molecule is CCCC(NC(=O)[C@@H]1[C@@H](CC)CCN1C(=O)[C@@H](NC(=O)[C@@H](NC(=O)c1cnccn1)C1CCCCC1)C(C)CC)C(=O)C(=O)NC1CC1. The van der Waals surface area contributed by atoms with E-state index >= 15 is 0 Å². The number of hydrogen-bond donors (Lipinski definition) is 4. The summed E-state index contributed by atoms with van der Waals surface area (Å²) in [6.45, 7) is 7.97. The lowest BCUT2D eigenvalue weighted by molar-refractivity contribution is -0.145. The van der Waals surface area contributed by atoms with Crippen LogP contribution in [-0.2, 0) is 24.0 Å². The first-order chi connectivity index (χ1) is 23.1. The Bertz CT molecular complexity index is 1300. The van der Waals surface area contributed by atoms with Crippen molar-refractivity contribution in [2.75, 3.05) is 6.54 Å². The number of ketones is 1. The molecule has 1 aromatic heterocycles. The molecule has 2 aliphatic carbocycles. The van der Waals surface area contributed by atoms with E-state index in [-0.39, 0.29) is 35.4 Å². The summed E-state index contributed by atoms with van der Waals surface area (Å²) in [5.74, 6) is -3.69. The molecule has 3 fully saturated rings. The summed E-state index contributed by atoms with van der Waals surface area (Å²) in [6, 6.07) is -3.64. The predicted octanol–water partition coefficient (Wildman–Crippen LogP) is 2.45. The van der Waals surface area contributed by atoms with Crippen LogP contribution in [0.4, 0.5) is 0 Å². The van der Waals surface area contributed by atoms with Gasteiger partial charge in [-0.2, -0.15) is 0 Å². The maximum Gasteiger partial charge on any atom is 0.289 e. The maximum absolute atomic E-state index is 14.4. The monoisotopic (exact) mass is 667 g/mol. The Kier molecular flexibility index (Phi) is 13.5. The number of carbonyl (C=O) groups excluding carboxylic acids is 6. The quantitative estimate of drug-likeness (QED) is 0.194. The molecule has 0 spiro atoms. The van der Waals surface area contributed by atoms with E-state index < -0.39 is 53.6 Å². The van der Waals surface area contributed by atoms with Gasteiger partial charge in [-0.25, -0.2) is 4.98 Å². The molecule has 2 saturated carbocycles. The highest BCUT2D eigenvalue weighted by Crippen LogP contribution is 2.30. The van der Waals surface area contributed by atoms with Crippen molar-refractivity contribution in [1.29, 1.82) is 0 Å². The molecule has 0 aromatic carbocycles. The van der Waals surface area contributed by atoms with E-state index in [1.54, 1.807) is 0 Å². The standard InChI is InChI=1S/C35H53N7O6/c1-5-11-25(30(43)34(47)38-24-14-15-24)39-33(46)29-22(7-3)16-19-42(29)35(48)27(21(4)6-2)40-32(45)28(23-12-9-8-10-13-23)41-31(44)26-20-36-17-18-37-26/h17-18,20-25,27-29H,5-16,19H2,1-4H3,(H,38,47)(H,39,46)(H,40,45)(H,41,44)/t21?,22-,25?,27-,28-,29-/m0/s1. The Morgan fingerprint density at radius 2 is 1.65 bits per heavy atom. The van der Waals surface area contributed by atoms with Crippen LogP contribution < -0.4 is 21.3 Å². The van der Waals surface area contributed by atoms with Gasteiger partial charge in [0.2, 0.25) is 23.5 Å². The summed E-state index contributed by atoms with van der Waals surface area (Å²) in [4.78, 5) is 90.6. The van der Waals surface area contributed by atoms with Gasteiger partial charge in [0.1, 0.15) is 23.8 Å². The number of aromatic nitrogens is 2. The Labute approximate surface area is 283 Å². The Morgan fingerprint density at radius 3 is 2.25 bits per heavy atom. The molecule has 1 aromatic rings. The fourth-order valence-electron chi connectivity index (χ4n) is 6.94. The van der Waals surface area contributed by atoms with Crippen molar-refractivity contribution in [2.24, 2.45) is 17.8 Å². The second kappa shape index (κ2) is 17.5. The highest BCUT2D eigenvalue weighted by molar-refractivity contribution is 6.38. The van der Waals surface area contributed by atoms with Crippen molar-refractivity contribution in [3.63, 3.8) is 0 Å². The summed E-state index contributed by atoms with van der Waals surface area (Å²) in [5, 5.41) is 11.4. The van der Waals surface area contributed by atoms with Crippen molar-refractivity contribution in [2.45, 2.75) is 135 Å². The lowest BCUT2D eigenvalue weighted by Gasteiger charge is -2.35. The minimum absolute atomic E-state index is 0.0117. The maximum atomic E-state index is 14.4. The van der Waals surface area contributed by atoms with Crippen molar-refractivity contribution < 1.29 is 28.8 Å². The van der Waals surface area contributed by atoms with Gasteiger partial charge in [-0.3, -0.25) is 33.8 Å². The summed E-state index contributed by atoms with van der Waals surface area (Å²) in [5.41, 5.74) is 0.0991. The summed E-state index contributed by atoms with van der Waals surface area (Å²) < 4.78 is 0. The molecule has 6 atom stereocenters. The molecule has 0 radical (unpaired) electrons. The van der Waals surface area contributed by atoms with E-state index in [4.69, 9.17) is 0 Å². The average Bonchev–Trinajstić information content (AvgIpc) is 3.82. The zero-order chi connectivity index (χ0) is 34.8. The van der Waals surface area contributed by atoms with Gasteiger partial charge in [-0.15, -0.1) is 0 Å². The van der Waals surface area contributed by atoms with E-state index in [1.165, 1.54) is 23.5 Å². The number of nitrogens with zero attached hydrogens (tertiary/aromatic N) is 3. The van der Waals surface area contributed by atoms with E-state index in [2.05, 4.69) is 31.2 Å². The van der Waals surface area contributed by atoms with Crippen LogP contribution in [0, 0.1) is 17.8 Å². The Balaban J connectivity index is 1.53. The molecule has 48 heavy (non-hydrogen) atoms. The first-order valence-corrected chi connectivity index (χ1v) is 17.9. The van der Waals surface area contributed by atoms with Gasteiger partial charge in [0.15, 0.2) is 0 Å². The molecular formula is C35H53N7O6. The van der Waals surface area contributed by atoms with Gasteiger partial charge >= 0.3 is 0 Å². The fraction of sp³-hybridized carbons (Fsp3) is 0.714. The number of Topliss-reactive ketones (excluding diaryl/α,β-unsaturated/α-hetero) is 1. The molecule has 2 heterocycles. The first kappa shape index (κ1) is 36.9. The van der Waals surface area contributed by atoms with Gasteiger partial charge < -0.3 is 26.2 Å². The topological polar surface area (TPSA) is 180 Å². The molecule has 3 aliphatic rings. The lowest BCUT2D eigenvalue weighted by atomic mass is 9.83. The van der Waals surface area contributed by atoms with Crippen LogP contribution in [-0.4, -0.2) is 86.9 Å². The van der Waals surface area contributed by atoms with Crippen LogP contribution in [0.2, 0.25) is 0 Å². The Morgan fingerprint density at radius 1 is 0.917 bits per heavy atom. The van der Waals surface area contributed by atoms with E-state index in [0.29, 0.717) is 38.6 Å². The van der Waals surface area contributed by atoms with Crippen molar-refractivity contribution in [3.8, 4) is 0 Å². The number of carbonyl (C=O) groups is 6. The molecule has 0 bridgehead atoms. The largest absolute Gasteiger partial charge is 0.347 e. The number of rotatable bonds is 16. The molecule has 4 rings (SSSR count). The van der Waals surface area contributed by atoms with Crippen molar-refractivity contribution >= 4 is 35.3 Å². The molecule has 264 valence electrons. The molecule has 2 unspecified atom stereocenters. The number of hydrogen-bond acceptors (Lipinski definition) is 8. The van der Waals surface area contributed by atoms with E-state index in [9.17, 15) is 28.8 Å². The van der Waals surface area contributed by atoms with Gasteiger partial charge in [0.25, 0.3) is 11.8 Å². The normalized spacial score (nSPS) is 22.1. The van der Waals surface area contributed by atoms with Gasteiger partial charge in [0.05, 0.1) is 12.2 Å². The number of nitrogens with one attached hydrogen (secondary N) is 4.